The fourth-order valence-electron chi connectivity index (χ4n) is 1.72. The summed E-state index contributed by atoms with van der Waals surface area (Å²) >= 11 is -0.0505. The van der Waals surface area contributed by atoms with Crippen LogP contribution >= 0.6 is 0 Å². The Bertz CT molecular complexity index is 563. The number of carbonyl (C=O) groups is 1. The Morgan fingerprint density at radius 2 is 1.88 bits per heavy atom. The summed E-state index contributed by atoms with van der Waals surface area (Å²) in [6.07, 6.45) is 0. The minimum atomic E-state index is -0.0505. The number of hydrogen-bond acceptors (Lipinski definition) is 1. The molecule has 0 aliphatic rings. The summed E-state index contributed by atoms with van der Waals surface area (Å²) in [7, 11) is 0. The number of nitrogens with one attached hydrogen (secondary N) is 1. The molecular weight excluding hydrogens is 261 g/mol. The monoisotopic (exact) mass is 273 g/mol. The van der Waals surface area contributed by atoms with Crippen molar-refractivity contribution in [3.05, 3.63) is 36.4 Å². The van der Waals surface area contributed by atoms with Crippen molar-refractivity contribution < 1.29 is 4.79 Å². The van der Waals surface area contributed by atoms with Crippen LogP contribution in [0.4, 0.5) is 5.69 Å². The second-order valence-corrected chi connectivity index (χ2v) is 5.19. The molecule has 0 atom stereocenters. The van der Waals surface area contributed by atoms with Gasteiger partial charge in [-0.2, -0.15) is 0 Å². The third-order valence-corrected chi connectivity index (χ3v) is 3.92. The molecule has 0 saturated heterocycles. The van der Waals surface area contributed by atoms with Crippen LogP contribution < -0.4 is 9.67 Å². The number of rotatable bonds is 2. The van der Waals surface area contributed by atoms with E-state index >= 15 is 0 Å². The van der Waals surface area contributed by atoms with Gasteiger partial charge >= 0.3 is 101 Å². The van der Waals surface area contributed by atoms with Crippen LogP contribution in [-0.2, 0) is 4.79 Å². The van der Waals surface area contributed by atoms with E-state index in [1.165, 1.54) is 16.7 Å². The first-order chi connectivity index (χ1) is 7.72. The number of anilines is 1. The molecule has 2 nitrogen and oxygen atoms in total. The summed E-state index contributed by atoms with van der Waals surface area (Å²) in [4.78, 5) is 11.1. The SMILES string of the molecule is C=[As]c1ccc(NC(C)=O)c2ccccc12. The Kier molecular flexibility index (Phi) is 3.21. The number of benzene rings is 2. The van der Waals surface area contributed by atoms with Crippen molar-refractivity contribution in [2.75, 3.05) is 5.32 Å². The van der Waals surface area contributed by atoms with Crippen LogP contribution in [0, 0.1) is 0 Å². The van der Waals surface area contributed by atoms with Crippen molar-refractivity contribution in [3.8, 4) is 0 Å². The summed E-state index contributed by atoms with van der Waals surface area (Å²) in [5.41, 5.74) is 0.876. The molecule has 0 aliphatic carbocycles. The quantitative estimate of drug-likeness (QED) is 0.827. The van der Waals surface area contributed by atoms with Crippen LogP contribution in [0.25, 0.3) is 10.8 Å². The first-order valence-electron chi connectivity index (χ1n) is 4.98. The minimum absolute atomic E-state index is 0.0409. The van der Waals surface area contributed by atoms with E-state index in [1.807, 2.05) is 24.3 Å². The van der Waals surface area contributed by atoms with Gasteiger partial charge in [-0.1, -0.05) is 0 Å². The molecule has 80 valence electrons. The zero-order valence-electron chi connectivity index (χ0n) is 9.03. The number of fused-ring (bicyclic) bond motifs is 1. The molecule has 0 aliphatic heterocycles. The summed E-state index contributed by atoms with van der Waals surface area (Å²) in [6.45, 7) is 1.52. The van der Waals surface area contributed by atoms with Crippen LogP contribution in [0.3, 0.4) is 0 Å². The molecule has 0 aromatic heterocycles. The van der Waals surface area contributed by atoms with Gasteiger partial charge in [0.25, 0.3) is 0 Å². The Morgan fingerprint density at radius 1 is 1.19 bits per heavy atom. The van der Waals surface area contributed by atoms with Gasteiger partial charge in [0.15, 0.2) is 0 Å². The number of hydrogen-bond donors (Lipinski definition) is 1. The third-order valence-electron chi connectivity index (χ3n) is 2.38. The molecule has 3 heteroatoms. The normalized spacial score (nSPS) is 10.6. The molecule has 0 unspecified atom stereocenters. The van der Waals surface area contributed by atoms with E-state index in [-0.39, 0.29) is 21.2 Å². The molecular formula is C13H12AsNO. The molecule has 16 heavy (non-hydrogen) atoms. The maximum absolute atomic E-state index is 11.1. The molecule has 2 rings (SSSR count). The second-order valence-electron chi connectivity index (χ2n) is 3.52. The van der Waals surface area contributed by atoms with E-state index in [4.69, 9.17) is 0 Å². The molecule has 0 bridgehead atoms. The molecule has 0 spiro atoms. The van der Waals surface area contributed by atoms with Crippen molar-refractivity contribution in [3.63, 3.8) is 0 Å². The standard InChI is InChI=1S/C13H12AsNO/c1-9(16)15-13-8-7-12(14-2)10-5-3-4-6-11(10)13/h3-8H,2H2,1H3,(H,15,16). The first-order valence-corrected chi connectivity index (χ1v) is 7.25. The maximum atomic E-state index is 11.1. The predicted molar refractivity (Wildman–Crippen MR) is 70.8 cm³/mol. The first kappa shape index (κ1) is 11.1. The van der Waals surface area contributed by atoms with Gasteiger partial charge in [-0.3, -0.25) is 0 Å². The zero-order valence-corrected chi connectivity index (χ0v) is 10.9. The molecule has 0 radical (unpaired) electrons. The molecule has 2 aromatic carbocycles. The van der Waals surface area contributed by atoms with Crippen molar-refractivity contribution in [1.82, 2.24) is 0 Å². The predicted octanol–water partition coefficient (Wildman–Crippen LogP) is 1.56. The summed E-state index contributed by atoms with van der Waals surface area (Å²) < 4.78 is 1.29. The molecule has 0 saturated carbocycles. The topological polar surface area (TPSA) is 29.1 Å². The van der Waals surface area contributed by atoms with Crippen LogP contribution in [0.1, 0.15) is 6.92 Å². The van der Waals surface area contributed by atoms with Gasteiger partial charge < -0.3 is 0 Å². The van der Waals surface area contributed by atoms with Gasteiger partial charge in [-0.25, -0.2) is 0 Å². The average molecular weight is 273 g/mol. The van der Waals surface area contributed by atoms with Crippen LogP contribution in [-0.4, -0.2) is 26.5 Å². The van der Waals surface area contributed by atoms with Crippen molar-refractivity contribution in [2.45, 2.75) is 6.92 Å². The van der Waals surface area contributed by atoms with Crippen LogP contribution in [0.15, 0.2) is 36.4 Å². The fourth-order valence-corrected chi connectivity index (χ4v) is 2.86. The van der Waals surface area contributed by atoms with E-state index in [0.29, 0.717) is 0 Å². The zero-order chi connectivity index (χ0) is 11.5. The van der Waals surface area contributed by atoms with Gasteiger partial charge in [-0.15, -0.1) is 0 Å². The van der Waals surface area contributed by atoms with Crippen molar-refractivity contribution >= 4 is 47.3 Å². The van der Waals surface area contributed by atoms with E-state index in [0.717, 1.165) is 11.1 Å². The van der Waals surface area contributed by atoms with Crippen molar-refractivity contribution in [2.24, 2.45) is 0 Å². The van der Waals surface area contributed by atoms with Crippen LogP contribution in [0.5, 0.6) is 0 Å². The van der Waals surface area contributed by atoms with E-state index in [2.05, 4.69) is 22.8 Å². The average Bonchev–Trinajstić information content (AvgIpc) is 2.29. The van der Waals surface area contributed by atoms with E-state index in [9.17, 15) is 4.79 Å². The Morgan fingerprint density at radius 3 is 2.50 bits per heavy atom. The Labute approximate surface area is 101 Å². The summed E-state index contributed by atoms with van der Waals surface area (Å²) in [5, 5.41) is 9.14. The summed E-state index contributed by atoms with van der Waals surface area (Å²) in [5.74, 6) is -0.0409. The second kappa shape index (κ2) is 4.63. The van der Waals surface area contributed by atoms with Gasteiger partial charge in [0.2, 0.25) is 0 Å². The molecule has 0 heterocycles. The Hall–Kier alpha value is -1.40. The van der Waals surface area contributed by atoms with Gasteiger partial charge in [0, 0.05) is 0 Å². The van der Waals surface area contributed by atoms with E-state index in [1.54, 1.807) is 0 Å². The fraction of sp³-hybridized carbons (Fsp3) is 0.0769. The van der Waals surface area contributed by atoms with Gasteiger partial charge in [0.05, 0.1) is 0 Å². The van der Waals surface area contributed by atoms with Gasteiger partial charge in [0.1, 0.15) is 0 Å². The molecule has 1 N–H and O–H groups in total. The molecule has 0 fully saturated rings. The van der Waals surface area contributed by atoms with Crippen LogP contribution in [0.2, 0.25) is 0 Å². The number of carbonyl (C=O) groups excluding carboxylic acids is 1. The molecule has 2 aromatic rings. The summed E-state index contributed by atoms with van der Waals surface area (Å²) in [6, 6.07) is 12.1. The third kappa shape index (κ3) is 2.07. The van der Waals surface area contributed by atoms with E-state index < -0.39 is 0 Å². The number of amides is 1. The molecule has 1 amide bonds. The van der Waals surface area contributed by atoms with Gasteiger partial charge in [-0.05, 0) is 0 Å². The Balaban J connectivity index is 2.69. The van der Waals surface area contributed by atoms with Crippen molar-refractivity contribution in [1.29, 1.82) is 0 Å².